The predicted molar refractivity (Wildman–Crippen MR) is 135 cm³/mol. The van der Waals surface area contributed by atoms with Crippen molar-refractivity contribution >= 4 is 0 Å². The molecule has 4 aromatic carbocycles. The van der Waals surface area contributed by atoms with E-state index in [9.17, 15) is 0 Å². The lowest BCUT2D eigenvalue weighted by atomic mass is 9.90. The summed E-state index contributed by atoms with van der Waals surface area (Å²) in [6.07, 6.45) is 0. The molecule has 0 aliphatic rings. The standard InChI is InChI=1S/C30H28FO3/c1-4-32-24-13-7-21(8-14-24)27-19-20-28(22-9-15-25(16-10-22)33-5-2)30(31)29(27)23-11-17-26(18-12-23)34-6-3/h7-18,20H,4-6H2,1-3H3. The molecule has 4 aromatic rings. The first-order chi connectivity index (χ1) is 16.6. The molecule has 0 bridgehead atoms. The van der Waals surface area contributed by atoms with Gasteiger partial charge in [-0.15, -0.1) is 0 Å². The van der Waals surface area contributed by atoms with Crippen molar-refractivity contribution in [3.63, 3.8) is 0 Å². The van der Waals surface area contributed by atoms with Crippen LogP contribution in [-0.2, 0) is 0 Å². The second-order valence-electron chi connectivity index (χ2n) is 7.64. The van der Waals surface area contributed by atoms with E-state index in [1.54, 1.807) is 6.07 Å². The quantitative estimate of drug-likeness (QED) is 0.257. The highest BCUT2D eigenvalue weighted by Gasteiger charge is 2.18. The van der Waals surface area contributed by atoms with Crippen LogP contribution in [0.1, 0.15) is 20.8 Å². The van der Waals surface area contributed by atoms with E-state index in [-0.39, 0.29) is 5.82 Å². The molecule has 0 unspecified atom stereocenters. The molecule has 0 aliphatic heterocycles. The Bertz CT molecular complexity index is 1210. The smallest absolute Gasteiger partial charge is 0.139 e. The highest BCUT2D eigenvalue weighted by Crippen LogP contribution is 2.39. The van der Waals surface area contributed by atoms with Crippen molar-refractivity contribution in [3.05, 3.63) is 90.7 Å². The molecule has 0 heterocycles. The summed E-state index contributed by atoms with van der Waals surface area (Å²) >= 11 is 0. The summed E-state index contributed by atoms with van der Waals surface area (Å²) in [5.74, 6) is 1.99. The van der Waals surface area contributed by atoms with E-state index in [4.69, 9.17) is 14.2 Å². The van der Waals surface area contributed by atoms with Gasteiger partial charge in [-0.3, -0.25) is 0 Å². The van der Waals surface area contributed by atoms with Crippen molar-refractivity contribution in [2.75, 3.05) is 19.8 Å². The Hall–Kier alpha value is -3.79. The van der Waals surface area contributed by atoms with Gasteiger partial charge in [0.15, 0.2) is 0 Å². The van der Waals surface area contributed by atoms with Crippen LogP contribution in [0.5, 0.6) is 17.2 Å². The first kappa shape index (κ1) is 23.4. The van der Waals surface area contributed by atoms with Gasteiger partial charge in [0.2, 0.25) is 0 Å². The first-order valence-corrected chi connectivity index (χ1v) is 11.6. The zero-order valence-corrected chi connectivity index (χ0v) is 19.7. The van der Waals surface area contributed by atoms with E-state index in [1.807, 2.05) is 93.6 Å². The molecule has 0 amide bonds. The Morgan fingerprint density at radius 3 is 1.44 bits per heavy atom. The SMILES string of the molecule is CCOc1ccc(-c2[c]cc(-c3ccc(OCC)cc3)c(F)c2-c2ccc(OCC)cc2)cc1. The summed E-state index contributed by atoms with van der Waals surface area (Å²) in [6, 6.07) is 27.7. The Balaban J connectivity index is 1.83. The molecule has 0 aromatic heterocycles. The topological polar surface area (TPSA) is 27.7 Å². The Labute approximate surface area is 200 Å². The highest BCUT2D eigenvalue weighted by molar-refractivity contribution is 5.87. The van der Waals surface area contributed by atoms with Crippen molar-refractivity contribution in [3.8, 4) is 50.6 Å². The van der Waals surface area contributed by atoms with Gasteiger partial charge in [-0.25, -0.2) is 4.39 Å². The van der Waals surface area contributed by atoms with E-state index in [0.29, 0.717) is 36.5 Å². The van der Waals surface area contributed by atoms with E-state index in [0.717, 1.165) is 33.9 Å². The number of benzene rings is 4. The van der Waals surface area contributed by atoms with Crippen LogP contribution in [0.4, 0.5) is 4.39 Å². The number of hydrogen-bond donors (Lipinski definition) is 0. The highest BCUT2D eigenvalue weighted by atomic mass is 19.1. The molecule has 0 fully saturated rings. The number of ether oxygens (including phenoxy) is 3. The molecule has 0 N–H and O–H groups in total. The van der Waals surface area contributed by atoms with Crippen LogP contribution in [0.25, 0.3) is 33.4 Å². The molecule has 4 rings (SSSR count). The fourth-order valence-electron chi connectivity index (χ4n) is 3.90. The monoisotopic (exact) mass is 455 g/mol. The van der Waals surface area contributed by atoms with Crippen LogP contribution < -0.4 is 14.2 Å². The molecule has 0 aliphatic carbocycles. The van der Waals surface area contributed by atoms with Gasteiger partial charge in [0, 0.05) is 16.7 Å². The Morgan fingerprint density at radius 2 is 1.00 bits per heavy atom. The molecule has 3 nitrogen and oxygen atoms in total. The van der Waals surface area contributed by atoms with Crippen molar-refractivity contribution in [1.29, 1.82) is 0 Å². The number of halogens is 1. The maximum atomic E-state index is 16.2. The number of rotatable bonds is 9. The lowest BCUT2D eigenvalue weighted by Gasteiger charge is -2.16. The molecule has 0 saturated carbocycles. The van der Waals surface area contributed by atoms with Crippen molar-refractivity contribution < 1.29 is 18.6 Å². The van der Waals surface area contributed by atoms with Crippen LogP contribution in [0, 0.1) is 11.9 Å². The van der Waals surface area contributed by atoms with E-state index in [1.165, 1.54) is 0 Å². The molecule has 1 radical (unpaired) electrons. The zero-order valence-electron chi connectivity index (χ0n) is 19.7. The van der Waals surface area contributed by atoms with Crippen molar-refractivity contribution in [1.82, 2.24) is 0 Å². The summed E-state index contributed by atoms with van der Waals surface area (Å²) in [4.78, 5) is 0. The van der Waals surface area contributed by atoms with Gasteiger partial charge in [-0.2, -0.15) is 0 Å². The zero-order chi connectivity index (χ0) is 23.9. The molecule has 173 valence electrons. The molecule has 0 atom stereocenters. The molecule has 4 heteroatoms. The third-order valence-corrected chi connectivity index (χ3v) is 5.45. The van der Waals surface area contributed by atoms with Gasteiger partial charge >= 0.3 is 0 Å². The summed E-state index contributed by atoms with van der Waals surface area (Å²) in [5.41, 5.74) is 4.07. The molecule has 0 saturated heterocycles. The minimum absolute atomic E-state index is 0.295. The van der Waals surface area contributed by atoms with Gasteiger partial charge in [0.25, 0.3) is 0 Å². The van der Waals surface area contributed by atoms with Crippen LogP contribution in [0.3, 0.4) is 0 Å². The van der Waals surface area contributed by atoms with Crippen molar-refractivity contribution in [2.24, 2.45) is 0 Å². The van der Waals surface area contributed by atoms with Crippen LogP contribution in [-0.4, -0.2) is 19.8 Å². The second kappa shape index (κ2) is 10.9. The third kappa shape index (κ3) is 5.07. The summed E-state index contributed by atoms with van der Waals surface area (Å²) in [5, 5.41) is 0. The summed E-state index contributed by atoms with van der Waals surface area (Å²) in [7, 11) is 0. The van der Waals surface area contributed by atoms with Crippen LogP contribution in [0.15, 0.2) is 78.9 Å². The normalized spacial score (nSPS) is 10.7. The van der Waals surface area contributed by atoms with Gasteiger partial charge in [-0.1, -0.05) is 36.4 Å². The molecule has 0 spiro atoms. The largest absolute Gasteiger partial charge is 0.494 e. The van der Waals surface area contributed by atoms with Gasteiger partial charge in [0.1, 0.15) is 23.1 Å². The second-order valence-corrected chi connectivity index (χ2v) is 7.64. The Kier molecular flexibility index (Phi) is 7.48. The Morgan fingerprint density at radius 1 is 0.588 bits per heavy atom. The van der Waals surface area contributed by atoms with E-state index in [2.05, 4.69) is 6.07 Å². The van der Waals surface area contributed by atoms with Crippen molar-refractivity contribution in [2.45, 2.75) is 20.8 Å². The van der Waals surface area contributed by atoms with E-state index >= 15 is 4.39 Å². The fourth-order valence-corrected chi connectivity index (χ4v) is 3.90. The van der Waals surface area contributed by atoms with E-state index < -0.39 is 0 Å². The molecular formula is C30H28FO3. The summed E-state index contributed by atoms with van der Waals surface area (Å²) < 4.78 is 32.9. The minimum Gasteiger partial charge on any atom is -0.494 e. The van der Waals surface area contributed by atoms with Gasteiger partial charge in [0.05, 0.1) is 19.8 Å². The lowest BCUT2D eigenvalue weighted by molar-refractivity contribution is 0.340. The predicted octanol–water partition coefficient (Wildman–Crippen LogP) is 7.82. The molecular weight excluding hydrogens is 427 g/mol. The minimum atomic E-state index is -0.295. The molecule has 34 heavy (non-hydrogen) atoms. The average Bonchev–Trinajstić information content (AvgIpc) is 2.86. The maximum Gasteiger partial charge on any atom is 0.139 e. The lowest BCUT2D eigenvalue weighted by Crippen LogP contribution is -1.96. The van der Waals surface area contributed by atoms with Gasteiger partial charge < -0.3 is 14.2 Å². The van der Waals surface area contributed by atoms with Gasteiger partial charge in [-0.05, 0) is 86.0 Å². The average molecular weight is 456 g/mol. The van der Waals surface area contributed by atoms with Crippen LogP contribution in [0.2, 0.25) is 0 Å². The maximum absolute atomic E-state index is 16.2. The van der Waals surface area contributed by atoms with Crippen LogP contribution >= 0.6 is 0 Å². The number of hydrogen-bond acceptors (Lipinski definition) is 3. The third-order valence-electron chi connectivity index (χ3n) is 5.45. The summed E-state index contributed by atoms with van der Waals surface area (Å²) in [6.45, 7) is 7.57. The first-order valence-electron chi connectivity index (χ1n) is 11.6. The fraction of sp³-hybridized carbons (Fsp3) is 0.200.